The van der Waals surface area contributed by atoms with Gasteiger partial charge in [-0.25, -0.2) is 0 Å². The summed E-state index contributed by atoms with van der Waals surface area (Å²) in [7, 11) is 0. The molecule has 0 fully saturated rings. The number of aryl methyl sites for hydroxylation is 1. The number of benzene rings is 1. The number of aliphatic hydroxyl groups excluding tert-OH is 1. The zero-order valence-corrected chi connectivity index (χ0v) is 12.8. The third-order valence-electron chi connectivity index (χ3n) is 3.29. The van der Waals surface area contributed by atoms with Crippen LogP contribution in [-0.2, 0) is 11.2 Å². The van der Waals surface area contributed by atoms with E-state index in [4.69, 9.17) is 4.52 Å². The van der Waals surface area contributed by atoms with Gasteiger partial charge < -0.3 is 14.9 Å². The number of amides is 1. The standard InChI is InChI=1S/C16H21N3O3/c1-11(2)16-18-15(22-19-16)9-8-14(21)17-13(10-20)12-6-4-3-5-7-12/h3-7,11,13,20H,8-10H2,1-2H3,(H,17,21)/t13-/m1/s1. The van der Waals surface area contributed by atoms with E-state index in [2.05, 4.69) is 15.5 Å². The zero-order valence-electron chi connectivity index (χ0n) is 12.8. The molecule has 2 rings (SSSR count). The smallest absolute Gasteiger partial charge is 0.227 e. The van der Waals surface area contributed by atoms with Gasteiger partial charge in [-0.15, -0.1) is 0 Å². The van der Waals surface area contributed by atoms with Crippen molar-refractivity contribution >= 4 is 5.91 Å². The molecule has 1 atom stereocenters. The first-order chi connectivity index (χ1) is 10.6. The molecule has 0 bridgehead atoms. The van der Waals surface area contributed by atoms with E-state index in [1.165, 1.54) is 0 Å². The van der Waals surface area contributed by atoms with Crippen molar-refractivity contribution in [2.75, 3.05) is 6.61 Å². The number of rotatable bonds is 7. The largest absolute Gasteiger partial charge is 0.394 e. The molecule has 22 heavy (non-hydrogen) atoms. The predicted octanol–water partition coefficient (Wildman–Crippen LogP) is 1.98. The van der Waals surface area contributed by atoms with E-state index in [0.29, 0.717) is 18.1 Å². The van der Waals surface area contributed by atoms with Gasteiger partial charge in [0.2, 0.25) is 11.8 Å². The van der Waals surface area contributed by atoms with E-state index in [1.54, 1.807) is 0 Å². The molecule has 2 N–H and O–H groups in total. The fraction of sp³-hybridized carbons (Fsp3) is 0.438. The lowest BCUT2D eigenvalue weighted by Gasteiger charge is -2.16. The minimum absolute atomic E-state index is 0.145. The highest BCUT2D eigenvalue weighted by atomic mass is 16.5. The van der Waals surface area contributed by atoms with Crippen LogP contribution in [0.15, 0.2) is 34.9 Å². The maximum atomic E-state index is 12.0. The third-order valence-corrected chi connectivity index (χ3v) is 3.29. The predicted molar refractivity (Wildman–Crippen MR) is 81.1 cm³/mol. The monoisotopic (exact) mass is 303 g/mol. The molecule has 0 unspecified atom stereocenters. The summed E-state index contributed by atoms with van der Waals surface area (Å²) in [4.78, 5) is 16.2. The van der Waals surface area contributed by atoms with Gasteiger partial charge in [-0.1, -0.05) is 49.3 Å². The van der Waals surface area contributed by atoms with Crippen molar-refractivity contribution in [2.24, 2.45) is 0 Å². The summed E-state index contributed by atoms with van der Waals surface area (Å²) in [5, 5.41) is 16.1. The van der Waals surface area contributed by atoms with E-state index < -0.39 is 6.04 Å². The molecule has 6 nitrogen and oxygen atoms in total. The molecule has 0 aliphatic heterocycles. The van der Waals surface area contributed by atoms with Crippen molar-refractivity contribution in [1.82, 2.24) is 15.5 Å². The van der Waals surface area contributed by atoms with Gasteiger partial charge in [-0.2, -0.15) is 4.98 Å². The first-order valence-electron chi connectivity index (χ1n) is 7.37. The summed E-state index contributed by atoms with van der Waals surface area (Å²) in [6, 6.07) is 8.97. The van der Waals surface area contributed by atoms with Crippen LogP contribution >= 0.6 is 0 Å². The molecular formula is C16H21N3O3. The number of nitrogens with one attached hydrogen (secondary N) is 1. The second-order valence-electron chi connectivity index (χ2n) is 5.41. The van der Waals surface area contributed by atoms with E-state index in [9.17, 15) is 9.90 Å². The van der Waals surface area contributed by atoms with Gasteiger partial charge in [0, 0.05) is 18.8 Å². The lowest BCUT2D eigenvalue weighted by Crippen LogP contribution is -2.30. The Morgan fingerprint density at radius 2 is 2.05 bits per heavy atom. The molecule has 0 aliphatic rings. The molecular weight excluding hydrogens is 282 g/mol. The first-order valence-corrected chi connectivity index (χ1v) is 7.37. The summed E-state index contributed by atoms with van der Waals surface area (Å²) in [5.74, 6) is 1.14. The third kappa shape index (κ3) is 4.39. The van der Waals surface area contributed by atoms with Crippen LogP contribution in [0, 0.1) is 0 Å². The van der Waals surface area contributed by atoms with Crippen molar-refractivity contribution in [1.29, 1.82) is 0 Å². The van der Waals surface area contributed by atoms with E-state index in [0.717, 1.165) is 5.56 Å². The Labute approximate surface area is 129 Å². The Kier molecular flexibility index (Phi) is 5.66. The molecule has 1 aromatic carbocycles. The Morgan fingerprint density at radius 1 is 1.32 bits per heavy atom. The summed E-state index contributed by atoms with van der Waals surface area (Å²) < 4.78 is 5.10. The van der Waals surface area contributed by atoms with E-state index in [-0.39, 0.29) is 24.9 Å². The SMILES string of the molecule is CC(C)c1noc(CCC(=O)N[C@H](CO)c2ccccc2)n1. The molecule has 1 aromatic heterocycles. The van der Waals surface area contributed by atoms with E-state index >= 15 is 0 Å². The molecule has 118 valence electrons. The van der Waals surface area contributed by atoms with Crippen LogP contribution in [0.2, 0.25) is 0 Å². The maximum absolute atomic E-state index is 12.0. The van der Waals surface area contributed by atoms with Crippen LogP contribution in [0.25, 0.3) is 0 Å². The van der Waals surface area contributed by atoms with Gasteiger partial charge in [-0.3, -0.25) is 4.79 Å². The summed E-state index contributed by atoms with van der Waals surface area (Å²) >= 11 is 0. The lowest BCUT2D eigenvalue weighted by molar-refractivity contribution is -0.122. The molecule has 0 spiro atoms. The second-order valence-corrected chi connectivity index (χ2v) is 5.41. The molecule has 6 heteroatoms. The minimum Gasteiger partial charge on any atom is -0.394 e. The number of aromatic nitrogens is 2. The summed E-state index contributed by atoms with van der Waals surface area (Å²) in [6.07, 6.45) is 0.627. The molecule has 0 radical (unpaired) electrons. The number of nitrogens with zero attached hydrogens (tertiary/aromatic N) is 2. The van der Waals surface area contributed by atoms with Crippen molar-refractivity contribution in [3.05, 3.63) is 47.6 Å². The number of hydrogen-bond donors (Lipinski definition) is 2. The highest BCUT2D eigenvalue weighted by molar-refractivity contribution is 5.76. The lowest BCUT2D eigenvalue weighted by atomic mass is 10.1. The molecule has 1 amide bonds. The van der Waals surface area contributed by atoms with Crippen LogP contribution in [0.4, 0.5) is 0 Å². The van der Waals surface area contributed by atoms with Gasteiger partial charge >= 0.3 is 0 Å². The summed E-state index contributed by atoms with van der Waals surface area (Å²) in [5.41, 5.74) is 0.873. The average Bonchev–Trinajstić information content (AvgIpc) is 3.01. The number of carbonyl (C=O) groups excluding carboxylic acids is 1. The van der Waals surface area contributed by atoms with Gasteiger partial charge in [0.15, 0.2) is 5.82 Å². The van der Waals surface area contributed by atoms with E-state index in [1.807, 2.05) is 44.2 Å². The first kappa shape index (κ1) is 16.2. The highest BCUT2D eigenvalue weighted by Crippen LogP contribution is 2.13. The Morgan fingerprint density at radius 3 is 2.64 bits per heavy atom. The van der Waals surface area contributed by atoms with Gasteiger partial charge in [0.25, 0.3) is 0 Å². The summed E-state index contributed by atoms with van der Waals surface area (Å²) in [6.45, 7) is 3.81. The van der Waals surface area contributed by atoms with Crippen LogP contribution < -0.4 is 5.32 Å². The van der Waals surface area contributed by atoms with Gasteiger partial charge in [0.1, 0.15) is 0 Å². The van der Waals surface area contributed by atoms with Crippen molar-refractivity contribution in [2.45, 2.75) is 38.6 Å². The number of hydrogen-bond acceptors (Lipinski definition) is 5. The molecule has 0 saturated carbocycles. The van der Waals surface area contributed by atoms with Crippen molar-refractivity contribution < 1.29 is 14.4 Å². The van der Waals surface area contributed by atoms with Crippen LogP contribution in [0.5, 0.6) is 0 Å². The fourth-order valence-corrected chi connectivity index (χ4v) is 2.01. The van der Waals surface area contributed by atoms with Gasteiger partial charge in [-0.05, 0) is 5.56 Å². The highest BCUT2D eigenvalue weighted by Gasteiger charge is 2.15. The van der Waals surface area contributed by atoms with Crippen LogP contribution in [-0.4, -0.2) is 27.8 Å². The Balaban J connectivity index is 1.86. The number of aliphatic hydroxyl groups is 1. The zero-order chi connectivity index (χ0) is 15.9. The second kappa shape index (κ2) is 7.70. The van der Waals surface area contributed by atoms with Gasteiger partial charge in [0.05, 0.1) is 12.6 Å². The average molecular weight is 303 g/mol. The minimum atomic E-state index is -0.400. The molecule has 1 heterocycles. The molecule has 0 aliphatic carbocycles. The molecule has 2 aromatic rings. The Hall–Kier alpha value is -2.21. The number of carbonyl (C=O) groups is 1. The van der Waals surface area contributed by atoms with Crippen molar-refractivity contribution in [3.8, 4) is 0 Å². The fourth-order valence-electron chi connectivity index (χ4n) is 2.01. The normalized spacial score (nSPS) is 12.4. The molecule has 0 saturated heterocycles. The van der Waals surface area contributed by atoms with Crippen LogP contribution in [0.3, 0.4) is 0 Å². The Bertz CT molecular complexity index is 596. The quantitative estimate of drug-likeness (QED) is 0.816. The topological polar surface area (TPSA) is 88.2 Å². The van der Waals surface area contributed by atoms with Crippen LogP contribution in [0.1, 0.15) is 49.5 Å². The van der Waals surface area contributed by atoms with Crippen molar-refractivity contribution in [3.63, 3.8) is 0 Å². The maximum Gasteiger partial charge on any atom is 0.227 e.